The van der Waals surface area contributed by atoms with Crippen LogP contribution >= 0.6 is 27.5 Å². The zero-order valence-electron chi connectivity index (χ0n) is 11.7. The Morgan fingerprint density at radius 1 is 1.14 bits per heavy atom. The highest BCUT2D eigenvalue weighted by molar-refractivity contribution is 9.10. The Hall–Kier alpha value is -1.23. The molecule has 0 atom stereocenters. The zero-order valence-corrected chi connectivity index (χ0v) is 14.1. The lowest BCUT2D eigenvalue weighted by Crippen LogP contribution is -2.06. The van der Waals surface area contributed by atoms with Crippen molar-refractivity contribution >= 4 is 27.5 Å². The van der Waals surface area contributed by atoms with Gasteiger partial charge in [0.05, 0.1) is 7.11 Å². The van der Waals surface area contributed by atoms with Gasteiger partial charge in [-0.15, -0.1) is 0 Å². The topological polar surface area (TPSA) is 44.5 Å². The van der Waals surface area contributed by atoms with Crippen molar-refractivity contribution in [3.05, 3.63) is 57.0 Å². The minimum absolute atomic E-state index is 0.413. The molecule has 0 saturated carbocycles. The Balaban J connectivity index is 2.15. The summed E-state index contributed by atoms with van der Waals surface area (Å²) in [5.74, 6) is 1.60. The SMILES string of the molecule is COc1ccc(OCc2ccc(Br)cc2Cl)c(CCN)c1. The maximum absolute atomic E-state index is 6.19. The first-order valence-corrected chi connectivity index (χ1v) is 7.75. The van der Waals surface area contributed by atoms with E-state index in [1.165, 1.54) is 0 Å². The molecule has 0 aromatic heterocycles. The van der Waals surface area contributed by atoms with E-state index < -0.39 is 0 Å². The third-order valence-electron chi connectivity index (χ3n) is 3.08. The molecular weight excluding hydrogens is 354 g/mol. The summed E-state index contributed by atoms with van der Waals surface area (Å²) in [5, 5.41) is 0.679. The van der Waals surface area contributed by atoms with E-state index in [1.807, 2.05) is 36.4 Å². The second kappa shape index (κ2) is 7.69. The molecule has 0 unspecified atom stereocenters. The van der Waals surface area contributed by atoms with E-state index >= 15 is 0 Å². The van der Waals surface area contributed by atoms with Crippen molar-refractivity contribution in [2.75, 3.05) is 13.7 Å². The fourth-order valence-corrected chi connectivity index (χ4v) is 2.70. The molecule has 112 valence electrons. The predicted octanol–water partition coefficient (Wildman–Crippen LogP) is 4.19. The van der Waals surface area contributed by atoms with Gasteiger partial charge in [-0.05, 0) is 48.9 Å². The summed E-state index contributed by atoms with van der Waals surface area (Å²) in [5.41, 5.74) is 7.62. The minimum atomic E-state index is 0.413. The summed E-state index contributed by atoms with van der Waals surface area (Å²) in [6.45, 7) is 0.971. The lowest BCUT2D eigenvalue weighted by Gasteiger charge is -2.13. The molecule has 0 aliphatic heterocycles. The molecule has 5 heteroatoms. The number of halogens is 2. The summed E-state index contributed by atoms with van der Waals surface area (Å²) in [4.78, 5) is 0. The van der Waals surface area contributed by atoms with Crippen molar-refractivity contribution in [2.45, 2.75) is 13.0 Å². The lowest BCUT2D eigenvalue weighted by atomic mass is 10.1. The predicted molar refractivity (Wildman–Crippen MR) is 89.2 cm³/mol. The van der Waals surface area contributed by atoms with E-state index in [0.29, 0.717) is 18.2 Å². The maximum Gasteiger partial charge on any atom is 0.123 e. The van der Waals surface area contributed by atoms with Gasteiger partial charge in [0.15, 0.2) is 0 Å². The fourth-order valence-electron chi connectivity index (χ4n) is 1.97. The van der Waals surface area contributed by atoms with Gasteiger partial charge < -0.3 is 15.2 Å². The van der Waals surface area contributed by atoms with Crippen LogP contribution in [0.25, 0.3) is 0 Å². The van der Waals surface area contributed by atoms with Gasteiger partial charge in [0.2, 0.25) is 0 Å². The molecule has 0 saturated heterocycles. The molecule has 0 aliphatic carbocycles. The van der Waals surface area contributed by atoms with Gasteiger partial charge in [-0.2, -0.15) is 0 Å². The number of benzene rings is 2. The molecule has 2 rings (SSSR count). The van der Waals surface area contributed by atoms with Gasteiger partial charge in [-0.3, -0.25) is 0 Å². The van der Waals surface area contributed by atoms with Crippen LogP contribution in [-0.2, 0) is 13.0 Å². The maximum atomic E-state index is 6.19. The molecule has 21 heavy (non-hydrogen) atoms. The second-order valence-corrected chi connectivity index (χ2v) is 5.86. The summed E-state index contributed by atoms with van der Waals surface area (Å²) >= 11 is 9.58. The summed E-state index contributed by atoms with van der Waals surface area (Å²) in [7, 11) is 1.64. The summed E-state index contributed by atoms with van der Waals surface area (Å²) < 4.78 is 12.1. The van der Waals surface area contributed by atoms with Gasteiger partial charge >= 0.3 is 0 Å². The molecule has 0 amide bonds. The van der Waals surface area contributed by atoms with Gasteiger partial charge in [-0.25, -0.2) is 0 Å². The van der Waals surface area contributed by atoms with Crippen LogP contribution in [0.3, 0.4) is 0 Å². The van der Waals surface area contributed by atoms with E-state index in [-0.39, 0.29) is 0 Å². The Bertz CT molecular complexity index is 619. The first-order valence-electron chi connectivity index (χ1n) is 6.57. The molecular formula is C16H17BrClNO2. The third-order valence-corrected chi connectivity index (χ3v) is 3.92. The zero-order chi connectivity index (χ0) is 15.2. The molecule has 0 aliphatic rings. The molecule has 3 nitrogen and oxygen atoms in total. The highest BCUT2D eigenvalue weighted by Crippen LogP contribution is 2.27. The minimum Gasteiger partial charge on any atom is -0.497 e. The molecule has 2 aromatic carbocycles. The van der Waals surface area contributed by atoms with Gasteiger partial charge in [0.1, 0.15) is 18.1 Å². The van der Waals surface area contributed by atoms with E-state index in [0.717, 1.165) is 33.5 Å². The average molecular weight is 371 g/mol. The number of nitrogens with two attached hydrogens (primary N) is 1. The van der Waals surface area contributed by atoms with Crippen LogP contribution in [0.5, 0.6) is 11.5 Å². The lowest BCUT2D eigenvalue weighted by molar-refractivity contribution is 0.302. The molecule has 0 heterocycles. The van der Waals surface area contributed by atoms with Crippen molar-refractivity contribution in [1.29, 1.82) is 0 Å². The number of rotatable bonds is 6. The van der Waals surface area contributed by atoms with Crippen LogP contribution in [0.1, 0.15) is 11.1 Å². The number of methoxy groups -OCH3 is 1. The quantitative estimate of drug-likeness (QED) is 0.829. The molecule has 0 radical (unpaired) electrons. The molecule has 0 fully saturated rings. The van der Waals surface area contributed by atoms with Gasteiger partial charge in [0.25, 0.3) is 0 Å². The van der Waals surface area contributed by atoms with Crippen molar-refractivity contribution in [3.63, 3.8) is 0 Å². The second-order valence-electron chi connectivity index (χ2n) is 4.54. The fraction of sp³-hybridized carbons (Fsp3) is 0.250. The Labute approximate surface area is 138 Å². The number of ether oxygens (including phenoxy) is 2. The van der Waals surface area contributed by atoms with Crippen molar-refractivity contribution in [3.8, 4) is 11.5 Å². The standard InChI is InChI=1S/C16H17BrClNO2/c1-20-14-4-5-16(11(8-14)6-7-19)21-10-12-2-3-13(17)9-15(12)18/h2-5,8-9H,6-7,10,19H2,1H3. The van der Waals surface area contributed by atoms with E-state index in [9.17, 15) is 0 Å². The van der Waals surface area contributed by atoms with Crippen LogP contribution in [0.2, 0.25) is 5.02 Å². The van der Waals surface area contributed by atoms with E-state index in [4.69, 9.17) is 26.8 Å². The molecule has 2 N–H and O–H groups in total. The Morgan fingerprint density at radius 3 is 2.62 bits per heavy atom. The van der Waals surface area contributed by atoms with E-state index in [2.05, 4.69) is 15.9 Å². The highest BCUT2D eigenvalue weighted by Gasteiger charge is 2.07. The van der Waals surface area contributed by atoms with Crippen molar-refractivity contribution in [2.24, 2.45) is 5.73 Å². The monoisotopic (exact) mass is 369 g/mol. The van der Waals surface area contributed by atoms with Crippen LogP contribution in [0, 0.1) is 0 Å². The summed E-state index contributed by atoms with van der Waals surface area (Å²) in [6, 6.07) is 11.5. The van der Waals surface area contributed by atoms with Crippen LogP contribution < -0.4 is 15.2 Å². The van der Waals surface area contributed by atoms with Crippen LogP contribution in [-0.4, -0.2) is 13.7 Å². The third kappa shape index (κ3) is 4.37. The first-order chi connectivity index (χ1) is 10.1. The smallest absolute Gasteiger partial charge is 0.123 e. The summed E-state index contributed by atoms with van der Waals surface area (Å²) in [6.07, 6.45) is 0.737. The first kappa shape index (κ1) is 16.1. The van der Waals surface area contributed by atoms with Gasteiger partial charge in [-0.1, -0.05) is 33.6 Å². The largest absolute Gasteiger partial charge is 0.497 e. The molecule has 0 spiro atoms. The van der Waals surface area contributed by atoms with Crippen LogP contribution in [0.4, 0.5) is 0 Å². The normalized spacial score (nSPS) is 10.5. The van der Waals surface area contributed by atoms with Crippen molar-refractivity contribution < 1.29 is 9.47 Å². The number of hydrogen-bond acceptors (Lipinski definition) is 3. The Kier molecular flexibility index (Phi) is 5.91. The number of hydrogen-bond donors (Lipinski definition) is 1. The molecule has 2 aromatic rings. The van der Waals surface area contributed by atoms with Crippen molar-refractivity contribution in [1.82, 2.24) is 0 Å². The van der Waals surface area contributed by atoms with E-state index in [1.54, 1.807) is 7.11 Å². The van der Waals surface area contributed by atoms with Crippen LogP contribution in [0.15, 0.2) is 40.9 Å². The average Bonchev–Trinajstić information content (AvgIpc) is 2.47. The van der Waals surface area contributed by atoms with Gasteiger partial charge in [0, 0.05) is 15.1 Å². The molecule has 0 bridgehead atoms. The highest BCUT2D eigenvalue weighted by atomic mass is 79.9. The Morgan fingerprint density at radius 2 is 1.95 bits per heavy atom.